The SMILES string of the molecule is CC1=C[C@H]2C(=O)O[C@H]3C[C@@H](C/C=C(\C)C[C@@H](C)/C=C/C=C4\CO[C@H]([C@@H]1O)[C@@]42O)O[C@]1(C3)C[C@H](OP(=O)(O)O)[C@H](C)[C@@H](/C(C)=C/C(C)C)O1. The molecule has 0 aromatic carbocycles. The number of phosphoric acid groups is 1. The molecule has 2 bridgehead atoms. The second-order valence-corrected chi connectivity index (χ2v) is 16.2. The van der Waals surface area contributed by atoms with Gasteiger partial charge in [-0.2, -0.15) is 0 Å². The number of rotatable bonds is 4. The molecule has 0 amide bonds. The summed E-state index contributed by atoms with van der Waals surface area (Å²) in [6, 6.07) is 0. The number of aliphatic hydroxyl groups excluding tert-OH is 1. The smallest absolute Gasteiger partial charge is 0.462 e. The van der Waals surface area contributed by atoms with Crippen molar-refractivity contribution in [2.75, 3.05) is 6.61 Å². The lowest BCUT2D eigenvalue weighted by atomic mass is 9.71. The average molecular weight is 693 g/mol. The molecule has 0 aromatic heterocycles. The van der Waals surface area contributed by atoms with Gasteiger partial charge in [0.25, 0.3) is 0 Å². The third-order valence-corrected chi connectivity index (χ3v) is 10.9. The Kier molecular flexibility index (Phi) is 11.2. The minimum absolute atomic E-state index is 0.0151. The van der Waals surface area contributed by atoms with E-state index in [2.05, 4.69) is 26.0 Å². The first-order valence-electron chi connectivity index (χ1n) is 17.1. The molecule has 11 atom stereocenters. The van der Waals surface area contributed by atoms with Crippen molar-refractivity contribution in [3.05, 3.63) is 58.7 Å². The summed E-state index contributed by atoms with van der Waals surface area (Å²) in [5.41, 5.74) is 1.21. The average Bonchev–Trinajstić information content (AvgIpc) is 3.30. The van der Waals surface area contributed by atoms with Gasteiger partial charge in [-0.25, -0.2) is 4.57 Å². The van der Waals surface area contributed by atoms with E-state index in [0.29, 0.717) is 24.0 Å². The van der Waals surface area contributed by atoms with Crippen LogP contribution in [0.4, 0.5) is 0 Å². The maximum atomic E-state index is 14.2. The first-order valence-corrected chi connectivity index (χ1v) is 18.7. The lowest BCUT2D eigenvalue weighted by molar-refractivity contribution is -0.341. The number of hydrogen-bond donors (Lipinski definition) is 4. The highest BCUT2D eigenvalue weighted by atomic mass is 31.2. The maximum Gasteiger partial charge on any atom is 0.469 e. The number of allylic oxidation sites excluding steroid dienone is 5. The fourth-order valence-electron chi connectivity index (χ4n) is 8.14. The van der Waals surface area contributed by atoms with Crippen LogP contribution in [0.25, 0.3) is 0 Å². The Morgan fingerprint density at radius 1 is 1.15 bits per heavy atom. The zero-order chi connectivity index (χ0) is 35.2. The molecular formula is C36H53O11P. The Hall–Kier alpha value is -1.92. The third-order valence-electron chi connectivity index (χ3n) is 10.4. The van der Waals surface area contributed by atoms with Crippen LogP contribution in [0, 0.1) is 23.7 Å². The molecule has 1 spiro atoms. The number of fused-ring (bicyclic) bond motifs is 2. The number of ether oxygens (including phenoxy) is 4. The van der Waals surface area contributed by atoms with Gasteiger partial charge in [-0.1, -0.05) is 69.7 Å². The maximum absolute atomic E-state index is 14.2. The van der Waals surface area contributed by atoms with Crippen molar-refractivity contribution in [1.82, 2.24) is 0 Å². The molecular weight excluding hydrogens is 639 g/mol. The zero-order valence-electron chi connectivity index (χ0n) is 29.1. The lowest BCUT2D eigenvalue weighted by Gasteiger charge is -2.52. The predicted octanol–water partition coefficient (Wildman–Crippen LogP) is 5.20. The van der Waals surface area contributed by atoms with Crippen molar-refractivity contribution >= 4 is 13.8 Å². The molecule has 1 aliphatic carbocycles. The van der Waals surface area contributed by atoms with Crippen molar-refractivity contribution in [2.45, 2.75) is 129 Å². The second-order valence-electron chi connectivity index (χ2n) is 15.0. The number of aliphatic hydroxyl groups is 2. The number of esters is 1. The highest BCUT2D eigenvalue weighted by Crippen LogP contribution is 2.51. The summed E-state index contributed by atoms with van der Waals surface area (Å²) in [4.78, 5) is 33.9. The number of phosphoric ester groups is 1. The van der Waals surface area contributed by atoms with Crippen molar-refractivity contribution in [3.8, 4) is 0 Å². The summed E-state index contributed by atoms with van der Waals surface area (Å²) in [6.45, 7) is 13.8. The van der Waals surface area contributed by atoms with Gasteiger partial charge in [0, 0.05) is 25.2 Å². The molecule has 268 valence electrons. The van der Waals surface area contributed by atoms with Gasteiger partial charge in [0.2, 0.25) is 0 Å². The van der Waals surface area contributed by atoms with Crippen LogP contribution in [0.5, 0.6) is 0 Å². The lowest BCUT2D eigenvalue weighted by Crippen LogP contribution is -2.59. The summed E-state index contributed by atoms with van der Waals surface area (Å²) in [5.74, 6) is -3.22. The van der Waals surface area contributed by atoms with Crippen molar-refractivity contribution in [3.63, 3.8) is 0 Å². The number of carbonyl (C=O) groups is 1. The molecule has 0 radical (unpaired) electrons. The first kappa shape index (κ1) is 37.3. The van der Waals surface area contributed by atoms with E-state index in [4.69, 9.17) is 23.5 Å². The van der Waals surface area contributed by atoms with Crippen LogP contribution >= 0.6 is 7.82 Å². The van der Waals surface area contributed by atoms with Gasteiger partial charge in [0.15, 0.2) is 5.79 Å². The zero-order valence-corrected chi connectivity index (χ0v) is 30.0. The first-order chi connectivity index (χ1) is 22.4. The Morgan fingerprint density at radius 2 is 1.88 bits per heavy atom. The Balaban J connectivity index is 1.56. The van der Waals surface area contributed by atoms with Gasteiger partial charge >= 0.3 is 13.8 Å². The molecule has 4 heterocycles. The van der Waals surface area contributed by atoms with E-state index < -0.39 is 73.6 Å². The Bertz CT molecular complexity index is 1420. The van der Waals surface area contributed by atoms with Gasteiger partial charge < -0.3 is 38.9 Å². The Labute approximate surface area is 283 Å². The van der Waals surface area contributed by atoms with E-state index in [1.165, 1.54) is 0 Å². The minimum Gasteiger partial charge on any atom is -0.462 e. The monoisotopic (exact) mass is 692 g/mol. The molecule has 11 nitrogen and oxygen atoms in total. The quantitative estimate of drug-likeness (QED) is 0.174. The largest absolute Gasteiger partial charge is 0.469 e. The van der Waals surface area contributed by atoms with E-state index in [-0.39, 0.29) is 31.3 Å². The molecule has 48 heavy (non-hydrogen) atoms. The van der Waals surface area contributed by atoms with Crippen LogP contribution in [0.15, 0.2) is 58.7 Å². The van der Waals surface area contributed by atoms with E-state index in [1.807, 2.05) is 39.8 Å². The van der Waals surface area contributed by atoms with E-state index >= 15 is 0 Å². The van der Waals surface area contributed by atoms with Crippen molar-refractivity contribution in [2.24, 2.45) is 23.7 Å². The van der Waals surface area contributed by atoms with Gasteiger partial charge in [0.05, 0.1) is 24.9 Å². The van der Waals surface area contributed by atoms with Gasteiger partial charge in [-0.15, -0.1) is 0 Å². The third kappa shape index (κ3) is 8.01. The van der Waals surface area contributed by atoms with Crippen molar-refractivity contribution < 1.29 is 52.8 Å². The fourth-order valence-corrected chi connectivity index (χ4v) is 8.76. The molecule has 5 rings (SSSR count). The molecule has 3 fully saturated rings. The predicted molar refractivity (Wildman–Crippen MR) is 178 cm³/mol. The topological polar surface area (TPSA) is 161 Å². The van der Waals surface area contributed by atoms with Gasteiger partial charge in [-0.05, 0) is 62.2 Å². The number of carbonyl (C=O) groups excluding carboxylic acids is 1. The van der Waals surface area contributed by atoms with Crippen LogP contribution in [0.3, 0.4) is 0 Å². The fraction of sp³-hybridized carbons (Fsp3) is 0.694. The summed E-state index contributed by atoms with van der Waals surface area (Å²) in [6.07, 6.45) is 8.38. The van der Waals surface area contributed by atoms with E-state index in [1.54, 1.807) is 19.1 Å². The van der Waals surface area contributed by atoms with E-state index in [0.717, 1.165) is 17.6 Å². The molecule has 4 N–H and O–H groups in total. The number of hydrogen-bond acceptors (Lipinski definition) is 9. The summed E-state index contributed by atoms with van der Waals surface area (Å²) in [5, 5.41) is 23.1. The molecule has 0 aromatic rings. The normalized spacial score (nSPS) is 44.2. The van der Waals surface area contributed by atoms with Crippen LogP contribution in [0.1, 0.15) is 80.6 Å². The van der Waals surface area contributed by atoms with Crippen molar-refractivity contribution in [1.29, 1.82) is 0 Å². The van der Waals surface area contributed by atoms with Crippen LogP contribution in [0.2, 0.25) is 0 Å². The van der Waals surface area contributed by atoms with Crippen LogP contribution in [-0.4, -0.2) is 80.6 Å². The molecule has 0 saturated carbocycles. The molecule has 3 saturated heterocycles. The molecule has 12 heteroatoms. The molecule has 0 unspecified atom stereocenters. The standard InChI is InChI=1S/C36H53O11P/c1-20(2)13-24(6)32-25(7)30(47-48(40,41)42)18-35(46-32)17-28-16-27(45-35)12-11-22(4)14-21(3)9-8-10-26-19-43-33-31(37)23(5)15-29(34(38)44-28)36(26,33)39/h8-11,13,15,20-21,25,27-33,37,39H,12,14,16-19H2,1-7H3,(H2,40,41,42)/b9-8+,22-11+,24-13+,26-10+/t21-,25-,27+,28-,29-,30-,31+,32+,33+,35-,36+/m0/s1. The summed E-state index contributed by atoms with van der Waals surface area (Å²) >= 11 is 0. The van der Waals surface area contributed by atoms with Crippen LogP contribution < -0.4 is 0 Å². The van der Waals surface area contributed by atoms with E-state index in [9.17, 15) is 29.4 Å². The minimum atomic E-state index is -4.87. The highest BCUT2D eigenvalue weighted by molar-refractivity contribution is 7.46. The second kappa shape index (κ2) is 14.4. The Morgan fingerprint density at radius 3 is 2.56 bits per heavy atom. The van der Waals surface area contributed by atoms with Gasteiger partial charge in [-0.3, -0.25) is 9.32 Å². The molecule has 4 aliphatic heterocycles. The molecule has 5 aliphatic rings. The van der Waals surface area contributed by atoms with Crippen LogP contribution in [-0.2, 0) is 32.8 Å². The summed E-state index contributed by atoms with van der Waals surface area (Å²) < 4.78 is 43.2. The van der Waals surface area contributed by atoms with Gasteiger partial charge in [0.1, 0.15) is 29.8 Å². The summed E-state index contributed by atoms with van der Waals surface area (Å²) in [7, 11) is -4.87. The highest BCUT2D eigenvalue weighted by Gasteiger charge is 2.60.